The number of aromatic nitrogens is 2. The number of imidazole rings is 1. The molecule has 0 aliphatic carbocycles. The number of rotatable bonds is 5. The van der Waals surface area contributed by atoms with Crippen molar-refractivity contribution in [1.82, 2.24) is 14.9 Å². The van der Waals surface area contributed by atoms with Gasteiger partial charge in [0.25, 0.3) is 0 Å². The zero-order chi connectivity index (χ0) is 16.9. The minimum atomic E-state index is 0.0311. The van der Waals surface area contributed by atoms with Gasteiger partial charge in [0.05, 0.1) is 12.6 Å². The van der Waals surface area contributed by atoms with Crippen LogP contribution in [0.2, 0.25) is 0 Å². The molecule has 128 valence electrons. The van der Waals surface area contributed by atoms with Gasteiger partial charge in [-0.05, 0) is 18.9 Å². The average Bonchev–Trinajstić information content (AvgIpc) is 2.96. The topological polar surface area (TPSA) is 56.2 Å². The molecule has 0 spiro atoms. The molecule has 0 bridgehead atoms. The minimum Gasteiger partial charge on any atom is -0.493 e. The minimum absolute atomic E-state index is 0.0311. The summed E-state index contributed by atoms with van der Waals surface area (Å²) in [5, 5.41) is 3.17. The van der Waals surface area contributed by atoms with Crippen molar-refractivity contribution in [3.05, 3.63) is 48.0 Å². The van der Waals surface area contributed by atoms with Gasteiger partial charge in [0, 0.05) is 36.8 Å². The van der Waals surface area contributed by atoms with E-state index in [0.29, 0.717) is 25.5 Å². The summed E-state index contributed by atoms with van der Waals surface area (Å²) in [5.74, 6) is 2.34. The fraction of sp³-hybridized carbons (Fsp3) is 0.474. The quantitative estimate of drug-likeness (QED) is 0.915. The summed E-state index contributed by atoms with van der Waals surface area (Å²) in [6, 6.07) is 8.00. The molecule has 0 radical (unpaired) electrons. The van der Waals surface area contributed by atoms with E-state index in [1.54, 1.807) is 6.20 Å². The zero-order valence-electron chi connectivity index (χ0n) is 14.4. The van der Waals surface area contributed by atoms with Crippen LogP contribution in [0.1, 0.15) is 56.5 Å². The smallest absolute Gasteiger partial charge is 0.222 e. The number of amides is 1. The predicted octanol–water partition coefficient (Wildman–Crippen LogP) is 3.43. The van der Waals surface area contributed by atoms with Crippen LogP contribution in [0.15, 0.2) is 36.7 Å². The molecule has 0 saturated heterocycles. The highest BCUT2D eigenvalue weighted by Crippen LogP contribution is 2.31. The van der Waals surface area contributed by atoms with Crippen LogP contribution in [0, 0.1) is 0 Å². The van der Waals surface area contributed by atoms with E-state index in [4.69, 9.17) is 4.74 Å². The molecule has 1 aliphatic heterocycles. The van der Waals surface area contributed by atoms with Crippen LogP contribution in [0.25, 0.3) is 0 Å². The Morgan fingerprint density at radius 3 is 3.08 bits per heavy atom. The highest BCUT2D eigenvalue weighted by atomic mass is 16.5. The molecule has 1 atom stereocenters. The van der Waals surface area contributed by atoms with Gasteiger partial charge >= 0.3 is 0 Å². The largest absolute Gasteiger partial charge is 0.493 e. The van der Waals surface area contributed by atoms with E-state index in [9.17, 15) is 4.79 Å². The number of hydrogen-bond acceptors (Lipinski definition) is 3. The van der Waals surface area contributed by atoms with Crippen LogP contribution in [0.4, 0.5) is 0 Å². The van der Waals surface area contributed by atoms with Crippen molar-refractivity contribution in [1.29, 1.82) is 0 Å². The highest BCUT2D eigenvalue weighted by Gasteiger charge is 2.21. The van der Waals surface area contributed by atoms with Gasteiger partial charge in [-0.3, -0.25) is 4.79 Å². The molecule has 0 fully saturated rings. The first-order valence-electron chi connectivity index (χ1n) is 8.67. The Morgan fingerprint density at radius 2 is 2.25 bits per heavy atom. The van der Waals surface area contributed by atoms with E-state index in [-0.39, 0.29) is 11.9 Å². The lowest BCUT2D eigenvalue weighted by Crippen LogP contribution is -2.29. The summed E-state index contributed by atoms with van der Waals surface area (Å²) in [6.45, 7) is 5.59. The summed E-state index contributed by atoms with van der Waals surface area (Å²) in [6.07, 6.45) is 6.04. The second kappa shape index (κ2) is 7.51. The first-order valence-corrected chi connectivity index (χ1v) is 8.67. The van der Waals surface area contributed by atoms with Crippen LogP contribution >= 0.6 is 0 Å². The molecule has 1 aliphatic rings. The van der Waals surface area contributed by atoms with Crippen molar-refractivity contribution in [3.63, 3.8) is 0 Å². The fourth-order valence-corrected chi connectivity index (χ4v) is 3.17. The molecule has 5 heteroatoms. The Labute approximate surface area is 143 Å². The van der Waals surface area contributed by atoms with E-state index in [1.807, 2.05) is 30.5 Å². The molecule has 1 amide bonds. The molecule has 2 aromatic rings. The molecular formula is C19H25N3O2. The summed E-state index contributed by atoms with van der Waals surface area (Å²) in [5.41, 5.74) is 1.08. The number of benzene rings is 1. The summed E-state index contributed by atoms with van der Waals surface area (Å²) < 4.78 is 7.82. The van der Waals surface area contributed by atoms with Crippen molar-refractivity contribution < 1.29 is 9.53 Å². The Balaban J connectivity index is 1.62. The van der Waals surface area contributed by atoms with Gasteiger partial charge < -0.3 is 14.6 Å². The first-order chi connectivity index (χ1) is 11.6. The SMILES string of the molecule is CC(C)c1nccn1CCC(=O)N[C@H]1CCCOc2ccccc21. The molecule has 2 heterocycles. The number of ether oxygens (including phenoxy) is 1. The number of aryl methyl sites for hydroxylation is 1. The van der Waals surface area contributed by atoms with Gasteiger partial charge in [-0.15, -0.1) is 0 Å². The number of nitrogens with one attached hydrogen (secondary N) is 1. The highest BCUT2D eigenvalue weighted by molar-refractivity contribution is 5.76. The van der Waals surface area contributed by atoms with Crippen molar-refractivity contribution >= 4 is 5.91 Å². The zero-order valence-corrected chi connectivity index (χ0v) is 14.4. The van der Waals surface area contributed by atoms with Crippen molar-refractivity contribution in [2.24, 2.45) is 0 Å². The number of carbonyl (C=O) groups is 1. The van der Waals surface area contributed by atoms with Crippen LogP contribution in [0.5, 0.6) is 5.75 Å². The molecule has 3 rings (SSSR count). The lowest BCUT2D eigenvalue weighted by molar-refractivity contribution is -0.122. The third kappa shape index (κ3) is 3.78. The standard InChI is InChI=1S/C19H25N3O2/c1-14(2)19-20-10-12-22(19)11-9-18(23)21-16-7-5-13-24-17-8-4-3-6-15(16)17/h3-4,6,8,10,12,14,16H,5,7,9,11,13H2,1-2H3,(H,21,23)/t16-/m0/s1. The fourth-order valence-electron chi connectivity index (χ4n) is 3.17. The number of para-hydroxylation sites is 1. The summed E-state index contributed by atoms with van der Waals surface area (Å²) in [4.78, 5) is 16.8. The lowest BCUT2D eigenvalue weighted by Gasteiger charge is -2.18. The van der Waals surface area contributed by atoms with Gasteiger partial charge in [0.2, 0.25) is 5.91 Å². The van der Waals surface area contributed by atoms with Crippen LogP contribution in [0.3, 0.4) is 0 Å². The molecule has 0 saturated carbocycles. The average molecular weight is 327 g/mol. The summed E-state index contributed by atoms with van der Waals surface area (Å²) in [7, 11) is 0. The van der Waals surface area contributed by atoms with E-state index in [2.05, 4.69) is 28.7 Å². The molecule has 1 aromatic heterocycles. The third-order valence-electron chi connectivity index (χ3n) is 4.37. The molecule has 1 aromatic carbocycles. The van der Waals surface area contributed by atoms with Gasteiger partial charge in [0.15, 0.2) is 0 Å². The van der Waals surface area contributed by atoms with Gasteiger partial charge in [-0.1, -0.05) is 32.0 Å². The van der Waals surface area contributed by atoms with Crippen LogP contribution in [-0.4, -0.2) is 22.1 Å². The van der Waals surface area contributed by atoms with Gasteiger partial charge in [-0.2, -0.15) is 0 Å². The van der Waals surface area contributed by atoms with Crippen molar-refractivity contribution in [2.75, 3.05) is 6.61 Å². The van der Waals surface area contributed by atoms with Crippen LogP contribution < -0.4 is 10.1 Å². The maximum Gasteiger partial charge on any atom is 0.222 e. The monoisotopic (exact) mass is 327 g/mol. The Bertz CT molecular complexity index is 693. The maximum absolute atomic E-state index is 12.4. The second-order valence-corrected chi connectivity index (χ2v) is 6.53. The molecule has 0 unspecified atom stereocenters. The summed E-state index contributed by atoms with van der Waals surface area (Å²) >= 11 is 0. The molecule has 5 nitrogen and oxygen atoms in total. The van der Waals surface area contributed by atoms with E-state index < -0.39 is 0 Å². The second-order valence-electron chi connectivity index (χ2n) is 6.53. The van der Waals surface area contributed by atoms with Gasteiger partial charge in [-0.25, -0.2) is 4.98 Å². The van der Waals surface area contributed by atoms with E-state index in [1.165, 1.54) is 0 Å². The normalized spacial score (nSPS) is 17.0. The maximum atomic E-state index is 12.4. The number of nitrogens with zero attached hydrogens (tertiary/aromatic N) is 2. The predicted molar refractivity (Wildman–Crippen MR) is 93.0 cm³/mol. The Kier molecular flexibility index (Phi) is 5.18. The molecule has 1 N–H and O–H groups in total. The first kappa shape index (κ1) is 16.6. The van der Waals surface area contributed by atoms with Crippen molar-refractivity contribution in [2.45, 2.75) is 51.6 Å². The van der Waals surface area contributed by atoms with E-state index >= 15 is 0 Å². The lowest BCUT2D eigenvalue weighted by atomic mass is 10.0. The third-order valence-corrected chi connectivity index (χ3v) is 4.37. The number of hydrogen-bond donors (Lipinski definition) is 1. The Morgan fingerprint density at radius 1 is 1.42 bits per heavy atom. The van der Waals surface area contributed by atoms with Crippen molar-refractivity contribution in [3.8, 4) is 5.75 Å². The van der Waals surface area contributed by atoms with Gasteiger partial charge in [0.1, 0.15) is 11.6 Å². The van der Waals surface area contributed by atoms with E-state index in [0.717, 1.165) is 30.0 Å². The van der Waals surface area contributed by atoms with Crippen LogP contribution in [-0.2, 0) is 11.3 Å². The molecule has 24 heavy (non-hydrogen) atoms. The number of fused-ring (bicyclic) bond motifs is 1. The number of carbonyl (C=O) groups excluding carboxylic acids is 1. The Hall–Kier alpha value is -2.30. The molecular weight excluding hydrogens is 302 g/mol.